The molecule has 1 aromatic carbocycles. The van der Waals surface area contributed by atoms with E-state index >= 15 is 0 Å². The largest absolute Gasteiger partial charge is 0.450 e. The zero-order valence-corrected chi connectivity index (χ0v) is 14.2. The van der Waals surface area contributed by atoms with Crippen LogP contribution in [0.2, 0.25) is 0 Å². The first-order valence-electron chi connectivity index (χ1n) is 7.46. The molecule has 0 bridgehead atoms. The van der Waals surface area contributed by atoms with Gasteiger partial charge in [-0.2, -0.15) is 5.01 Å². The normalized spacial score (nSPS) is 22.9. The van der Waals surface area contributed by atoms with E-state index in [-0.39, 0.29) is 12.1 Å². The van der Waals surface area contributed by atoms with Gasteiger partial charge in [-0.05, 0) is 59.7 Å². The highest BCUT2D eigenvalue weighted by Crippen LogP contribution is 2.33. The number of hydrazone groups is 1. The first kappa shape index (κ1) is 14.8. The Kier molecular flexibility index (Phi) is 4.47. The van der Waals surface area contributed by atoms with E-state index in [0.717, 1.165) is 18.4 Å². The van der Waals surface area contributed by atoms with E-state index in [1.165, 1.54) is 27.8 Å². The van der Waals surface area contributed by atoms with Gasteiger partial charge in [0, 0.05) is 22.0 Å². The molecule has 112 valence electrons. The molecule has 1 aliphatic heterocycles. The highest BCUT2D eigenvalue weighted by molar-refractivity contribution is 14.1. The summed E-state index contributed by atoms with van der Waals surface area (Å²) in [5, 5.41) is 5.95. The van der Waals surface area contributed by atoms with Crippen LogP contribution in [0.15, 0.2) is 29.4 Å². The van der Waals surface area contributed by atoms with E-state index in [9.17, 15) is 4.79 Å². The lowest BCUT2D eigenvalue weighted by molar-refractivity contribution is -0.138. The van der Waals surface area contributed by atoms with E-state index in [1.807, 2.05) is 24.3 Å². The monoisotopic (exact) mass is 398 g/mol. The quantitative estimate of drug-likeness (QED) is 0.713. The van der Waals surface area contributed by atoms with E-state index < -0.39 is 0 Å². The average Bonchev–Trinajstić information content (AvgIpc) is 2.94. The molecule has 1 amide bonds. The van der Waals surface area contributed by atoms with Crippen LogP contribution in [0.25, 0.3) is 0 Å². The molecule has 0 N–H and O–H groups in total. The number of halogens is 1. The lowest BCUT2D eigenvalue weighted by Gasteiger charge is -2.30. The summed E-state index contributed by atoms with van der Waals surface area (Å²) in [6.07, 6.45) is 5.73. The van der Waals surface area contributed by atoms with Crippen molar-refractivity contribution in [2.24, 2.45) is 11.0 Å². The molecule has 1 heterocycles. The molecule has 5 heteroatoms. The summed E-state index contributed by atoms with van der Waals surface area (Å²) in [4.78, 5) is 11.9. The van der Waals surface area contributed by atoms with Crippen molar-refractivity contribution in [3.8, 4) is 0 Å². The Morgan fingerprint density at radius 2 is 1.90 bits per heavy atom. The van der Waals surface area contributed by atoms with Gasteiger partial charge in [0.2, 0.25) is 11.8 Å². The molecule has 0 radical (unpaired) electrons. The lowest BCUT2D eigenvalue weighted by atomic mass is 9.88. The van der Waals surface area contributed by atoms with Crippen molar-refractivity contribution < 1.29 is 9.53 Å². The van der Waals surface area contributed by atoms with Gasteiger partial charge in [-0.25, -0.2) is 0 Å². The van der Waals surface area contributed by atoms with Crippen molar-refractivity contribution in [1.29, 1.82) is 0 Å². The summed E-state index contributed by atoms with van der Waals surface area (Å²) in [5.74, 6) is 0.913. The number of rotatable bonds is 2. The van der Waals surface area contributed by atoms with Crippen LogP contribution in [-0.4, -0.2) is 23.0 Å². The van der Waals surface area contributed by atoms with Gasteiger partial charge in [0.1, 0.15) is 0 Å². The molecule has 0 unspecified atom stereocenters. The van der Waals surface area contributed by atoms with Crippen LogP contribution < -0.4 is 0 Å². The summed E-state index contributed by atoms with van der Waals surface area (Å²) in [5.41, 5.74) is 0.931. The third-order valence-corrected chi connectivity index (χ3v) is 4.86. The predicted molar refractivity (Wildman–Crippen MR) is 89.7 cm³/mol. The van der Waals surface area contributed by atoms with Gasteiger partial charge in [0.25, 0.3) is 0 Å². The lowest BCUT2D eigenvalue weighted by Crippen LogP contribution is -2.39. The minimum Gasteiger partial charge on any atom is -0.450 e. The van der Waals surface area contributed by atoms with Crippen LogP contribution in [0.3, 0.4) is 0 Å². The zero-order valence-electron chi connectivity index (χ0n) is 12.1. The molecule has 3 rings (SSSR count). The van der Waals surface area contributed by atoms with Gasteiger partial charge in [-0.15, -0.1) is 5.10 Å². The average molecular weight is 398 g/mol. The summed E-state index contributed by atoms with van der Waals surface area (Å²) < 4.78 is 7.22. The van der Waals surface area contributed by atoms with E-state index in [2.05, 4.69) is 27.7 Å². The van der Waals surface area contributed by atoms with Crippen molar-refractivity contribution >= 4 is 34.4 Å². The Bertz CT molecular complexity index is 550. The Balaban J connectivity index is 1.82. The Morgan fingerprint density at radius 3 is 2.52 bits per heavy atom. The molecule has 0 aromatic heterocycles. The second kappa shape index (κ2) is 6.34. The molecule has 0 spiro atoms. The molecule has 4 nitrogen and oxygen atoms in total. The fourth-order valence-corrected chi connectivity index (χ4v) is 3.39. The maximum Gasteiger partial charge on any atom is 0.242 e. The fraction of sp³-hybridized carbons (Fsp3) is 0.500. The number of hydrogen-bond acceptors (Lipinski definition) is 3. The molecular formula is C16H19IN2O2. The van der Waals surface area contributed by atoms with Crippen molar-refractivity contribution in [3.05, 3.63) is 33.4 Å². The number of amides is 1. The highest BCUT2D eigenvalue weighted by Gasteiger charge is 2.38. The summed E-state index contributed by atoms with van der Waals surface area (Å²) in [6.45, 7) is 1.56. The molecule has 1 atom stereocenters. The Hall–Kier alpha value is -1.11. The highest BCUT2D eigenvalue weighted by atomic mass is 127. The van der Waals surface area contributed by atoms with E-state index in [0.29, 0.717) is 11.8 Å². The third-order valence-electron chi connectivity index (χ3n) is 4.14. The summed E-state index contributed by atoms with van der Waals surface area (Å²) >= 11 is 2.27. The molecule has 1 aromatic rings. The maximum atomic E-state index is 11.9. The van der Waals surface area contributed by atoms with Crippen molar-refractivity contribution in [2.75, 3.05) is 0 Å². The second-order valence-electron chi connectivity index (χ2n) is 5.68. The fourth-order valence-electron chi connectivity index (χ4n) is 3.03. The minimum atomic E-state index is -0.225. The van der Waals surface area contributed by atoms with Crippen LogP contribution >= 0.6 is 22.6 Å². The predicted octanol–water partition coefficient (Wildman–Crippen LogP) is 3.74. The standard InChI is InChI=1S/C16H19IN2O2/c1-11(20)19-16(13-5-3-2-4-6-13)21-15(18-19)12-7-9-14(17)10-8-12/h7-10,13,16H,2-6H2,1H3/t16-/m1/s1. The Labute approximate surface area is 138 Å². The Morgan fingerprint density at radius 1 is 1.24 bits per heavy atom. The molecule has 1 saturated carbocycles. The number of ether oxygens (including phenoxy) is 1. The first-order valence-corrected chi connectivity index (χ1v) is 8.54. The minimum absolute atomic E-state index is 0.0499. The van der Waals surface area contributed by atoms with Crippen LogP contribution in [0.5, 0.6) is 0 Å². The number of benzene rings is 1. The molecular weight excluding hydrogens is 379 g/mol. The molecule has 0 saturated heterocycles. The number of carbonyl (C=O) groups excluding carboxylic acids is 1. The van der Waals surface area contributed by atoms with Gasteiger partial charge in [0.05, 0.1) is 0 Å². The smallest absolute Gasteiger partial charge is 0.242 e. The zero-order chi connectivity index (χ0) is 14.8. The van der Waals surface area contributed by atoms with Crippen LogP contribution in [0.1, 0.15) is 44.6 Å². The molecule has 1 aliphatic carbocycles. The third kappa shape index (κ3) is 3.22. The van der Waals surface area contributed by atoms with Gasteiger partial charge in [-0.1, -0.05) is 19.3 Å². The first-order chi connectivity index (χ1) is 10.1. The summed E-state index contributed by atoms with van der Waals surface area (Å²) in [6, 6.07) is 8.02. The maximum absolute atomic E-state index is 11.9. The van der Waals surface area contributed by atoms with Gasteiger partial charge in [-0.3, -0.25) is 4.79 Å². The topological polar surface area (TPSA) is 41.9 Å². The molecule has 1 fully saturated rings. The molecule has 2 aliphatic rings. The van der Waals surface area contributed by atoms with E-state index in [1.54, 1.807) is 6.92 Å². The van der Waals surface area contributed by atoms with Crippen LogP contribution in [0.4, 0.5) is 0 Å². The van der Waals surface area contributed by atoms with Crippen molar-refractivity contribution in [3.63, 3.8) is 0 Å². The van der Waals surface area contributed by atoms with Crippen molar-refractivity contribution in [1.82, 2.24) is 5.01 Å². The number of nitrogens with zero attached hydrogens (tertiary/aromatic N) is 2. The van der Waals surface area contributed by atoms with Crippen molar-refractivity contribution in [2.45, 2.75) is 45.3 Å². The van der Waals surface area contributed by atoms with Crippen LogP contribution in [0, 0.1) is 9.49 Å². The van der Waals surface area contributed by atoms with E-state index in [4.69, 9.17) is 4.74 Å². The van der Waals surface area contributed by atoms with Crippen LogP contribution in [-0.2, 0) is 9.53 Å². The number of carbonyl (C=O) groups is 1. The van der Waals surface area contributed by atoms with Gasteiger partial charge in [0.15, 0.2) is 6.23 Å². The SMILES string of the molecule is CC(=O)N1N=C(c2ccc(I)cc2)O[C@@H]1C1CCCCC1. The second-order valence-corrected chi connectivity index (χ2v) is 6.93. The summed E-state index contributed by atoms with van der Waals surface area (Å²) in [7, 11) is 0. The molecule has 21 heavy (non-hydrogen) atoms. The van der Waals surface area contributed by atoms with Gasteiger partial charge < -0.3 is 4.74 Å². The number of hydrogen-bond donors (Lipinski definition) is 0. The van der Waals surface area contributed by atoms with Gasteiger partial charge >= 0.3 is 0 Å².